The molecule has 0 N–H and O–H groups in total. The molecule has 6 nitrogen and oxygen atoms in total. The molecule has 0 amide bonds. The van der Waals surface area contributed by atoms with Gasteiger partial charge in [-0.3, -0.25) is 9.59 Å². The number of aryl methyl sites for hydroxylation is 1. The lowest BCUT2D eigenvalue weighted by Crippen LogP contribution is -2.05. The molecule has 3 aromatic rings. The Morgan fingerprint density at radius 1 is 0.733 bits per heavy atom. The number of esters is 2. The van der Waals surface area contributed by atoms with E-state index >= 15 is 0 Å². The van der Waals surface area contributed by atoms with Crippen molar-refractivity contribution < 1.29 is 28.7 Å². The molecule has 0 fully saturated rings. The van der Waals surface area contributed by atoms with E-state index in [0.717, 1.165) is 22.3 Å². The van der Waals surface area contributed by atoms with Crippen LogP contribution in [0.1, 0.15) is 36.6 Å². The van der Waals surface area contributed by atoms with Gasteiger partial charge in [-0.05, 0) is 46.9 Å². The topological polar surface area (TPSA) is 86.7 Å². The predicted octanol–water partition coefficient (Wildman–Crippen LogP) is 4.24. The molecule has 0 bridgehead atoms. The monoisotopic (exact) mass is 402 g/mol. The van der Waals surface area contributed by atoms with Crippen molar-refractivity contribution in [2.75, 3.05) is 7.11 Å². The van der Waals surface area contributed by atoms with Crippen LogP contribution in [0, 0.1) is 6.92 Å². The highest BCUT2D eigenvalue weighted by atomic mass is 16.6. The van der Waals surface area contributed by atoms with E-state index < -0.39 is 11.9 Å². The Labute approximate surface area is 173 Å². The van der Waals surface area contributed by atoms with Crippen LogP contribution in [-0.2, 0) is 14.3 Å². The van der Waals surface area contributed by atoms with Crippen LogP contribution < -0.4 is 0 Å². The Bertz CT molecular complexity index is 1130. The lowest BCUT2D eigenvalue weighted by atomic mass is 9.96. The van der Waals surface area contributed by atoms with Crippen LogP contribution in [0.25, 0.3) is 22.3 Å². The molecule has 0 radical (unpaired) electrons. The van der Waals surface area contributed by atoms with Gasteiger partial charge < -0.3 is 9.47 Å². The quantitative estimate of drug-likeness (QED) is 0.348. The number of methoxy groups -OCH3 is 1. The summed E-state index contributed by atoms with van der Waals surface area (Å²) in [5.74, 6) is -1.28. The molecule has 0 aliphatic carbocycles. The van der Waals surface area contributed by atoms with Crippen molar-refractivity contribution in [3.8, 4) is 22.3 Å². The molecule has 0 aromatic heterocycles. The molecular formula is C24H18O6. The fourth-order valence-electron chi connectivity index (χ4n) is 3.11. The number of hydrogen-bond donors (Lipinski definition) is 0. The third-order valence-electron chi connectivity index (χ3n) is 4.75. The van der Waals surface area contributed by atoms with Crippen LogP contribution >= 0.6 is 0 Å². The predicted molar refractivity (Wildman–Crippen MR) is 110 cm³/mol. The Morgan fingerprint density at radius 2 is 1.27 bits per heavy atom. The van der Waals surface area contributed by atoms with Crippen LogP contribution in [0.2, 0.25) is 0 Å². The maximum Gasteiger partial charge on any atom is 0.345 e. The molecule has 0 saturated heterocycles. The highest BCUT2D eigenvalue weighted by Gasteiger charge is 2.14. The van der Waals surface area contributed by atoms with Crippen molar-refractivity contribution >= 4 is 24.7 Å². The van der Waals surface area contributed by atoms with Crippen LogP contribution in [0.15, 0.2) is 60.7 Å². The highest BCUT2D eigenvalue weighted by Crippen LogP contribution is 2.28. The van der Waals surface area contributed by atoms with E-state index in [1.54, 1.807) is 37.3 Å². The molecule has 0 atom stereocenters. The molecule has 0 heterocycles. The van der Waals surface area contributed by atoms with Gasteiger partial charge in [-0.2, -0.15) is 0 Å². The average Bonchev–Trinajstić information content (AvgIpc) is 2.78. The first-order valence-corrected chi connectivity index (χ1v) is 9.02. The summed E-state index contributed by atoms with van der Waals surface area (Å²) in [6.45, 7) is 1.87. The Balaban J connectivity index is 1.95. The highest BCUT2D eigenvalue weighted by molar-refractivity contribution is 5.99. The molecule has 0 saturated carbocycles. The molecule has 150 valence electrons. The minimum Gasteiger partial charge on any atom is -0.465 e. The van der Waals surface area contributed by atoms with Gasteiger partial charge >= 0.3 is 18.4 Å². The molecular weight excluding hydrogens is 384 g/mol. The molecule has 30 heavy (non-hydrogen) atoms. The van der Waals surface area contributed by atoms with Gasteiger partial charge in [0.15, 0.2) is 6.29 Å². The van der Waals surface area contributed by atoms with Crippen LogP contribution in [0.5, 0.6) is 0 Å². The fraction of sp³-hybridized carbons (Fsp3) is 0.0833. The minimum atomic E-state index is -0.702. The summed E-state index contributed by atoms with van der Waals surface area (Å²) in [7, 11) is 1.26. The summed E-state index contributed by atoms with van der Waals surface area (Å²) in [6, 6.07) is 17.8. The van der Waals surface area contributed by atoms with Gasteiger partial charge in [0.05, 0.1) is 18.2 Å². The third kappa shape index (κ3) is 4.17. The van der Waals surface area contributed by atoms with Crippen LogP contribution in [-0.4, -0.2) is 31.8 Å². The van der Waals surface area contributed by atoms with Gasteiger partial charge in [0.1, 0.15) is 0 Å². The SMILES string of the molecule is COC(=O)c1cc(-c2ccc(-c3ccc(C)c(C(=O)OC=O)c3)cc2)ccc1C=O. The minimum absolute atomic E-state index is 0.113. The molecule has 0 spiro atoms. The smallest absolute Gasteiger partial charge is 0.345 e. The van der Waals surface area contributed by atoms with Gasteiger partial charge in [0.2, 0.25) is 0 Å². The average molecular weight is 402 g/mol. The van der Waals surface area contributed by atoms with E-state index in [1.807, 2.05) is 30.3 Å². The lowest BCUT2D eigenvalue weighted by molar-refractivity contribution is -0.123. The summed E-state index contributed by atoms with van der Waals surface area (Å²) < 4.78 is 9.20. The second-order valence-corrected chi connectivity index (χ2v) is 6.52. The number of ether oxygens (including phenoxy) is 2. The standard InChI is InChI=1S/C24H18O6/c1-15-3-4-18(11-21(15)24(28)30-14-26)16-5-7-17(8-6-16)19-9-10-20(13-25)22(12-19)23(27)29-2/h3-14H,1-2H3. The van der Waals surface area contributed by atoms with Crippen molar-refractivity contribution in [3.63, 3.8) is 0 Å². The zero-order valence-corrected chi connectivity index (χ0v) is 16.4. The fourth-order valence-corrected chi connectivity index (χ4v) is 3.11. The number of aldehydes is 1. The number of carbonyl (C=O) groups excluding carboxylic acids is 4. The van der Waals surface area contributed by atoms with E-state index in [-0.39, 0.29) is 17.6 Å². The number of benzene rings is 3. The Hall–Kier alpha value is -4.06. The van der Waals surface area contributed by atoms with Crippen molar-refractivity contribution in [2.45, 2.75) is 6.92 Å². The largest absolute Gasteiger partial charge is 0.465 e. The van der Waals surface area contributed by atoms with E-state index in [4.69, 9.17) is 4.74 Å². The normalized spacial score (nSPS) is 10.2. The van der Waals surface area contributed by atoms with Gasteiger partial charge in [-0.1, -0.05) is 48.5 Å². The maximum absolute atomic E-state index is 11.9. The number of carbonyl (C=O) groups is 4. The molecule has 3 aromatic carbocycles. The Morgan fingerprint density at radius 3 is 1.80 bits per heavy atom. The van der Waals surface area contributed by atoms with Crippen LogP contribution in [0.3, 0.4) is 0 Å². The zero-order chi connectivity index (χ0) is 21.7. The summed E-state index contributed by atoms with van der Waals surface area (Å²) in [4.78, 5) is 45.5. The van der Waals surface area contributed by atoms with Crippen molar-refractivity contribution in [3.05, 3.63) is 82.9 Å². The molecule has 3 rings (SSSR count). The number of rotatable bonds is 6. The van der Waals surface area contributed by atoms with Gasteiger partial charge in [-0.15, -0.1) is 0 Å². The summed E-state index contributed by atoms with van der Waals surface area (Å²) >= 11 is 0. The third-order valence-corrected chi connectivity index (χ3v) is 4.75. The maximum atomic E-state index is 11.9. The molecule has 0 unspecified atom stereocenters. The second kappa shape index (κ2) is 8.96. The summed E-state index contributed by atoms with van der Waals surface area (Å²) in [6.07, 6.45) is 0.615. The Kier molecular flexibility index (Phi) is 6.17. The first kappa shape index (κ1) is 20.7. The van der Waals surface area contributed by atoms with Crippen LogP contribution in [0.4, 0.5) is 0 Å². The molecule has 6 heteroatoms. The first-order valence-electron chi connectivity index (χ1n) is 9.02. The first-order chi connectivity index (χ1) is 14.5. The summed E-state index contributed by atoms with van der Waals surface area (Å²) in [5.41, 5.74) is 4.72. The van der Waals surface area contributed by atoms with Crippen molar-refractivity contribution in [1.29, 1.82) is 0 Å². The zero-order valence-electron chi connectivity index (χ0n) is 16.4. The molecule has 0 aliphatic heterocycles. The summed E-state index contributed by atoms with van der Waals surface area (Å²) in [5, 5.41) is 0. The van der Waals surface area contributed by atoms with Gasteiger partial charge in [0.25, 0.3) is 0 Å². The second-order valence-electron chi connectivity index (χ2n) is 6.52. The van der Waals surface area contributed by atoms with Crippen molar-refractivity contribution in [1.82, 2.24) is 0 Å². The van der Waals surface area contributed by atoms with E-state index in [0.29, 0.717) is 17.4 Å². The number of hydrogen-bond acceptors (Lipinski definition) is 6. The lowest BCUT2D eigenvalue weighted by Gasteiger charge is -2.10. The van der Waals surface area contributed by atoms with E-state index in [1.165, 1.54) is 7.11 Å². The molecule has 0 aliphatic rings. The van der Waals surface area contributed by atoms with Gasteiger partial charge in [-0.25, -0.2) is 9.59 Å². The van der Waals surface area contributed by atoms with E-state index in [2.05, 4.69) is 4.74 Å². The van der Waals surface area contributed by atoms with Gasteiger partial charge in [0, 0.05) is 5.56 Å². The van der Waals surface area contributed by atoms with E-state index in [9.17, 15) is 19.2 Å². The van der Waals surface area contributed by atoms with Crippen molar-refractivity contribution in [2.24, 2.45) is 0 Å².